The minimum atomic E-state index is -0.159. The van der Waals surface area contributed by atoms with Gasteiger partial charge in [-0.15, -0.1) is 11.3 Å². The molecule has 2 atom stereocenters. The van der Waals surface area contributed by atoms with Gasteiger partial charge in [0.2, 0.25) is 0 Å². The Morgan fingerprint density at radius 2 is 2.47 bits per heavy atom. The summed E-state index contributed by atoms with van der Waals surface area (Å²) in [7, 11) is 1.43. The van der Waals surface area contributed by atoms with Crippen LogP contribution in [0.3, 0.4) is 0 Å². The Morgan fingerprint density at radius 1 is 1.67 bits per heavy atom. The van der Waals surface area contributed by atoms with Crippen molar-refractivity contribution in [2.75, 3.05) is 13.7 Å². The molecule has 1 aromatic rings. The van der Waals surface area contributed by atoms with E-state index in [1.807, 2.05) is 6.07 Å². The fraction of sp³-hybridized carbons (Fsp3) is 0.500. The molecule has 15 heavy (non-hydrogen) atoms. The van der Waals surface area contributed by atoms with E-state index >= 15 is 0 Å². The molecule has 2 rings (SSSR count). The van der Waals surface area contributed by atoms with Crippen LogP contribution in [0.25, 0.3) is 0 Å². The number of rotatable bonds is 2. The van der Waals surface area contributed by atoms with Gasteiger partial charge in [0.05, 0.1) is 10.9 Å². The second kappa shape index (κ2) is 4.63. The molecule has 0 aromatic carbocycles. The Morgan fingerprint density at radius 3 is 3.07 bits per heavy atom. The van der Waals surface area contributed by atoms with E-state index in [9.17, 15) is 4.79 Å². The third-order valence-corrected chi connectivity index (χ3v) is 4.40. The molecular weight excluding hydrogens is 278 g/mol. The average Bonchev–Trinajstić information content (AvgIpc) is 2.84. The maximum absolute atomic E-state index is 11.3. The molecule has 1 saturated heterocycles. The largest absolute Gasteiger partial charge is 0.468 e. The lowest BCUT2D eigenvalue weighted by molar-refractivity contribution is -0.142. The highest BCUT2D eigenvalue weighted by Gasteiger charge is 2.31. The summed E-state index contributed by atoms with van der Waals surface area (Å²) in [4.78, 5) is 12.6. The summed E-state index contributed by atoms with van der Waals surface area (Å²) in [6, 6.07) is 4.02. The lowest BCUT2D eigenvalue weighted by Crippen LogP contribution is -2.31. The maximum atomic E-state index is 11.3. The Bertz CT molecular complexity index is 366. The predicted octanol–water partition coefficient (Wildman–Crippen LogP) is 2.13. The van der Waals surface area contributed by atoms with Crippen molar-refractivity contribution in [1.82, 2.24) is 5.32 Å². The number of methoxy groups -OCH3 is 1. The zero-order valence-corrected chi connectivity index (χ0v) is 10.7. The first-order valence-electron chi connectivity index (χ1n) is 4.77. The van der Waals surface area contributed by atoms with E-state index < -0.39 is 0 Å². The van der Waals surface area contributed by atoms with E-state index in [1.165, 1.54) is 12.0 Å². The van der Waals surface area contributed by atoms with Crippen molar-refractivity contribution in [2.24, 2.45) is 0 Å². The van der Waals surface area contributed by atoms with E-state index in [4.69, 9.17) is 4.74 Å². The van der Waals surface area contributed by atoms with E-state index in [-0.39, 0.29) is 12.0 Å². The molecule has 1 aromatic heterocycles. The van der Waals surface area contributed by atoms with Gasteiger partial charge in [0.15, 0.2) is 0 Å². The molecule has 1 aliphatic rings. The zero-order valence-electron chi connectivity index (χ0n) is 8.33. The Hall–Kier alpha value is -0.390. The monoisotopic (exact) mass is 289 g/mol. The highest BCUT2D eigenvalue weighted by Crippen LogP contribution is 2.33. The van der Waals surface area contributed by atoms with Gasteiger partial charge in [0.25, 0.3) is 0 Å². The Labute approximate surface area is 101 Å². The minimum absolute atomic E-state index is 0.138. The molecule has 2 heterocycles. The number of thiophene rings is 1. The number of halogens is 1. The molecule has 0 spiro atoms. The molecule has 0 bridgehead atoms. The summed E-state index contributed by atoms with van der Waals surface area (Å²) in [5.74, 6) is 0.276. The second-order valence-corrected chi connectivity index (χ2v) is 6.05. The Balaban J connectivity index is 2.01. The molecule has 3 nitrogen and oxygen atoms in total. The molecular formula is C10H12BrNO2S. The molecule has 1 aliphatic heterocycles. The molecule has 1 fully saturated rings. The van der Waals surface area contributed by atoms with Gasteiger partial charge in [-0.05, 0) is 34.5 Å². The van der Waals surface area contributed by atoms with E-state index in [0.29, 0.717) is 5.92 Å². The fourth-order valence-corrected chi connectivity index (χ4v) is 3.36. The highest BCUT2D eigenvalue weighted by atomic mass is 79.9. The smallest absolute Gasteiger partial charge is 0.322 e. The van der Waals surface area contributed by atoms with Crippen molar-refractivity contribution in [1.29, 1.82) is 0 Å². The van der Waals surface area contributed by atoms with Gasteiger partial charge in [-0.3, -0.25) is 4.79 Å². The number of hydrogen-bond donors (Lipinski definition) is 1. The second-order valence-electron chi connectivity index (χ2n) is 3.56. The quantitative estimate of drug-likeness (QED) is 0.848. The van der Waals surface area contributed by atoms with Gasteiger partial charge in [0, 0.05) is 17.3 Å². The normalized spacial score (nSPS) is 25.5. The van der Waals surface area contributed by atoms with Crippen molar-refractivity contribution in [3.63, 3.8) is 0 Å². The average molecular weight is 290 g/mol. The van der Waals surface area contributed by atoms with Gasteiger partial charge in [-0.1, -0.05) is 0 Å². The highest BCUT2D eigenvalue weighted by molar-refractivity contribution is 9.11. The zero-order chi connectivity index (χ0) is 10.8. The summed E-state index contributed by atoms with van der Waals surface area (Å²) in [6.07, 6.45) is 0.833. The van der Waals surface area contributed by atoms with Crippen LogP contribution < -0.4 is 5.32 Å². The summed E-state index contributed by atoms with van der Waals surface area (Å²) >= 11 is 5.17. The maximum Gasteiger partial charge on any atom is 0.322 e. The van der Waals surface area contributed by atoms with Gasteiger partial charge in [-0.2, -0.15) is 0 Å². The first-order valence-corrected chi connectivity index (χ1v) is 6.38. The predicted molar refractivity (Wildman–Crippen MR) is 63.2 cm³/mol. The number of carbonyl (C=O) groups is 1. The van der Waals surface area contributed by atoms with E-state index in [0.717, 1.165) is 16.8 Å². The molecule has 1 N–H and O–H groups in total. The van der Waals surface area contributed by atoms with Crippen LogP contribution in [0, 0.1) is 0 Å². The molecule has 82 valence electrons. The molecule has 2 unspecified atom stereocenters. The fourth-order valence-electron chi connectivity index (χ4n) is 1.82. The Kier molecular flexibility index (Phi) is 3.43. The van der Waals surface area contributed by atoms with Crippen molar-refractivity contribution < 1.29 is 9.53 Å². The SMILES string of the molecule is COC(=O)C1CC(c2ccc(Br)s2)CN1. The van der Waals surface area contributed by atoms with Crippen LogP contribution in [0.2, 0.25) is 0 Å². The number of ether oxygens (including phenoxy) is 1. The van der Waals surface area contributed by atoms with E-state index in [1.54, 1.807) is 11.3 Å². The van der Waals surface area contributed by atoms with Crippen molar-refractivity contribution in [3.05, 3.63) is 20.8 Å². The van der Waals surface area contributed by atoms with Gasteiger partial charge in [-0.25, -0.2) is 0 Å². The van der Waals surface area contributed by atoms with Gasteiger partial charge >= 0.3 is 5.97 Å². The number of nitrogens with one attached hydrogen (secondary N) is 1. The van der Waals surface area contributed by atoms with Crippen molar-refractivity contribution in [2.45, 2.75) is 18.4 Å². The van der Waals surface area contributed by atoms with Crippen molar-refractivity contribution in [3.8, 4) is 0 Å². The number of carbonyl (C=O) groups excluding carboxylic acids is 1. The molecule has 0 aliphatic carbocycles. The van der Waals surface area contributed by atoms with Crippen LogP contribution in [0.1, 0.15) is 17.2 Å². The van der Waals surface area contributed by atoms with Crippen LogP contribution in [-0.2, 0) is 9.53 Å². The third-order valence-electron chi connectivity index (χ3n) is 2.61. The summed E-state index contributed by atoms with van der Waals surface area (Å²) in [5.41, 5.74) is 0. The standard InChI is InChI=1S/C10H12BrNO2S/c1-14-10(13)7-4-6(5-12-7)8-2-3-9(11)15-8/h2-3,6-7,12H,4-5H2,1H3. The first-order chi connectivity index (χ1) is 7.20. The van der Waals surface area contributed by atoms with Gasteiger partial charge < -0.3 is 10.1 Å². The number of hydrogen-bond acceptors (Lipinski definition) is 4. The van der Waals surface area contributed by atoms with Gasteiger partial charge in [0.1, 0.15) is 6.04 Å². The summed E-state index contributed by atoms with van der Waals surface area (Å²) < 4.78 is 5.85. The van der Waals surface area contributed by atoms with Crippen LogP contribution in [0.5, 0.6) is 0 Å². The third kappa shape index (κ3) is 2.41. The molecule has 0 radical (unpaired) electrons. The van der Waals surface area contributed by atoms with Crippen molar-refractivity contribution >= 4 is 33.2 Å². The lowest BCUT2D eigenvalue weighted by Gasteiger charge is -2.06. The first kappa shape index (κ1) is 11.1. The summed E-state index contributed by atoms with van der Waals surface area (Å²) in [5, 5.41) is 3.18. The van der Waals surface area contributed by atoms with Crippen LogP contribution >= 0.6 is 27.3 Å². The van der Waals surface area contributed by atoms with Crippen LogP contribution in [0.15, 0.2) is 15.9 Å². The van der Waals surface area contributed by atoms with E-state index in [2.05, 4.69) is 27.3 Å². The van der Waals surface area contributed by atoms with Crippen LogP contribution in [-0.4, -0.2) is 25.7 Å². The number of esters is 1. The lowest BCUT2D eigenvalue weighted by atomic mass is 10.0. The van der Waals surface area contributed by atoms with Crippen LogP contribution in [0.4, 0.5) is 0 Å². The molecule has 0 saturated carbocycles. The minimum Gasteiger partial charge on any atom is -0.468 e. The molecule has 0 amide bonds. The summed E-state index contributed by atoms with van der Waals surface area (Å²) in [6.45, 7) is 0.854. The topological polar surface area (TPSA) is 38.3 Å². The molecule has 5 heteroatoms.